The van der Waals surface area contributed by atoms with Gasteiger partial charge in [0, 0.05) is 32.9 Å². The second-order valence-electron chi connectivity index (χ2n) is 3.80. The van der Waals surface area contributed by atoms with Gasteiger partial charge in [-0.15, -0.1) is 11.8 Å². The molecule has 1 atom stereocenters. The molecule has 0 aliphatic rings. The largest absolute Gasteiger partial charge is 0.480 e. The number of nitrogens with one attached hydrogen (secondary N) is 2. The number of rotatable bonds is 10. The summed E-state index contributed by atoms with van der Waals surface area (Å²) in [4.78, 5) is 33.0. The normalized spacial score (nSPS) is 11.7. The van der Waals surface area contributed by atoms with Gasteiger partial charge in [0.05, 0.1) is 5.75 Å². The molecule has 0 aliphatic carbocycles. The lowest BCUT2D eigenvalue weighted by atomic mass is 10.3. The minimum absolute atomic E-state index is 0.153. The molecule has 19 heavy (non-hydrogen) atoms. The molecule has 1 unspecified atom stereocenters. The SMILES string of the molecule is COCCCNC(=O)CSCC(NC(C)=O)C(=O)O. The molecule has 0 aromatic rings. The van der Waals surface area contributed by atoms with Crippen molar-refractivity contribution < 1.29 is 24.2 Å². The fourth-order valence-electron chi connectivity index (χ4n) is 1.18. The molecule has 8 heteroatoms. The molecule has 0 spiro atoms. The van der Waals surface area contributed by atoms with Crippen molar-refractivity contribution in [2.75, 3.05) is 31.8 Å². The van der Waals surface area contributed by atoms with Crippen LogP contribution in [0, 0.1) is 0 Å². The van der Waals surface area contributed by atoms with Gasteiger partial charge in [0.1, 0.15) is 6.04 Å². The average molecular weight is 292 g/mol. The highest BCUT2D eigenvalue weighted by atomic mass is 32.2. The molecule has 0 saturated heterocycles. The van der Waals surface area contributed by atoms with Crippen molar-refractivity contribution in [2.45, 2.75) is 19.4 Å². The van der Waals surface area contributed by atoms with E-state index in [9.17, 15) is 14.4 Å². The molecule has 0 aliphatic heterocycles. The van der Waals surface area contributed by atoms with Crippen LogP contribution in [0.1, 0.15) is 13.3 Å². The van der Waals surface area contributed by atoms with Gasteiger partial charge in [0.2, 0.25) is 11.8 Å². The zero-order chi connectivity index (χ0) is 14.7. The zero-order valence-electron chi connectivity index (χ0n) is 11.1. The maximum atomic E-state index is 11.4. The summed E-state index contributed by atoms with van der Waals surface area (Å²) in [6.45, 7) is 2.36. The third-order valence-corrected chi connectivity index (χ3v) is 3.08. The van der Waals surface area contributed by atoms with Crippen LogP contribution in [0.4, 0.5) is 0 Å². The number of thioether (sulfide) groups is 1. The zero-order valence-corrected chi connectivity index (χ0v) is 11.9. The molecular weight excluding hydrogens is 272 g/mol. The number of carbonyl (C=O) groups excluding carboxylic acids is 2. The first kappa shape index (κ1) is 17.7. The molecule has 0 bridgehead atoms. The summed E-state index contributed by atoms with van der Waals surface area (Å²) in [5.41, 5.74) is 0. The van der Waals surface area contributed by atoms with Crippen LogP contribution in [0.2, 0.25) is 0 Å². The number of hydrogen-bond acceptors (Lipinski definition) is 5. The number of methoxy groups -OCH3 is 1. The third-order valence-electron chi connectivity index (χ3n) is 2.04. The van der Waals surface area contributed by atoms with Gasteiger partial charge in [-0.2, -0.15) is 0 Å². The van der Waals surface area contributed by atoms with E-state index >= 15 is 0 Å². The topological polar surface area (TPSA) is 105 Å². The Morgan fingerprint density at radius 1 is 1.37 bits per heavy atom. The van der Waals surface area contributed by atoms with Crippen molar-refractivity contribution >= 4 is 29.5 Å². The van der Waals surface area contributed by atoms with Crippen LogP contribution in [0.25, 0.3) is 0 Å². The second kappa shape index (κ2) is 10.6. The molecule has 0 rings (SSSR count). The maximum absolute atomic E-state index is 11.4. The van der Waals surface area contributed by atoms with Crippen LogP contribution in [0.5, 0.6) is 0 Å². The predicted molar refractivity (Wildman–Crippen MR) is 72.1 cm³/mol. The van der Waals surface area contributed by atoms with E-state index in [-0.39, 0.29) is 17.4 Å². The Labute approximate surface area is 116 Å². The minimum atomic E-state index is -1.11. The molecule has 0 radical (unpaired) electrons. The van der Waals surface area contributed by atoms with Crippen LogP contribution < -0.4 is 10.6 Å². The Bertz CT molecular complexity index is 311. The van der Waals surface area contributed by atoms with Crippen LogP contribution >= 0.6 is 11.8 Å². The van der Waals surface area contributed by atoms with Crippen LogP contribution in [0.15, 0.2) is 0 Å². The number of carboxylic acids is 1. The summed E-state index contributed by atoms with van der Waals surface area (Å²) in [5, 5.41) is 13.8. The first-order valence-electron chi connectivity index (χ1n) is 5.80. The van der Waals surface area contributed by atoms with Crippen LogP contribution in [0.3, 0.4) is 0 Å². The van der Waals surface area contributed by atoms with Crippen molar-refractivity contribution in [3.8, 4) is 0 Å². The number of amides is 2. The van der Waals surface area contributed by atoms with Crippen molar-refractivity contribution in [1.29, 1.82) is 0 Å². The van der Waals surface area contributed by atoms with E-state index in [1.165, 1.54) is 6.92 Å². The van der Waals surface area contributed by atoms with Gasteiger partial charge in [-0.3, -0.25) is 9.59 Å². The van der Waals surface area contributed by atoms with Crippen LogP contribution in [-0.4, -0.2) is 60.7 Å². The Hall–Kier alpha value is -1.28. The van der Waals surface area contributed by atoms with Gasteiger partial charge in [0.15, 0.2) is 0 Å². The van der Waals surface area contributed by atoms with Gasteiger partial charge in [-0.05, 0) is 6.42 Å². The monoisotopic (exact) mass is 292 g/mol. The number of aliphatic carboxylic acids is 1. The van der Waals surface area contributed by atoms with E-state index in [1.54, 1.807) is 7.11 Å². The summed E-state index contributed by atoms with van der Waals surface area (Å²) in [5.74, 6) is -1.36. The summed E-state index contributed by atoms with van der Waals surface area (Å²) >= 11 is 1.16. The molecule has 0 saturated carbocycles. The fourth-order valence-corrected chi connectivity index (χ4v) is 2.05. The van der Waals surface area contributed by atoms with Crippen LogP contribution in [-0.2, 0) is 19.1 Å². The van der Waals surface area contributed by atoms with E-state index in [0.29, 0.717) is 13.2 Å². The third kappa shape index (κ3) is 10.3. The Balaban J connectivity index is 3.76. The van der Waals surface area contributed by atoms with Gasteiger partial charge in [-0.25, -0.2) is 4.79 Å². The highest BCUT2D eigenvalue weighted by Crippen LogP contribution is 2.03. The maximum Gasteiger partial charge on any atom is 0.327 e. The van der Waals surface area contributed by atoms with Gasteiger partial charge >= 0.3 is 5.97 Å². The quantitative estimate of drug-likeness (QED) is 0.467. The smallest absolute Gasteiger partial charge is 0.327 e. The molecule has 0 aromatic carbocycles. The lowest BCUT2D eigenvalue weighted by molar-refractivity contribution is -0.140. The highest BCUT2D eigenvalue weighted by molar-refractivity contribution is 8.00. The van der Waals surface area contributed by atoms with Gasteiger partial charge < -0.3 is 20.5 Å². The second-order valence-corrected chi connectivity index (χ2v) is 4.83. The van der Waals surface area contributed by atoms with E-state index in [4.69, 9.17) is 9.84 Å². The van der Waals surface area contributed by atoms with E-state index in [2.05, 4.69) is 10.6 Å². The number of hydrogen-bond donors (Lipinski definition) is 3. The lowest BCUT2D eigenvalue weighted by Crippen LogP contribution is -2.41. The van der Waals surface area contributed by atoms with E-state index < -0.39 is 17.9 Å². The molecule has 3 N–H and O–H groups in total. The van der Waals surface area contributed by atoms with Gasteiger partial charge in [0.25, 0.3) is 0 Å². The van der Waals surface area contributed by atoms with Crippen molar-refractivity contribution in [3.05, 3.63) is 0 Å². The summed E-state index contributed by atoms with van der Waals surface area (Å²) in [6, 6.07) is -0.969. The first-order valence-corrected chi connectivity index (χ1v) is 6.96. The average Bonchev–Trinajstić information content (AvgIpc) is 2.33. The summed E-state index contributed by atoms with van der Waals surface area (Å²) in [7, 11) is 1.59. The molecule has 0 aromatic heterocycles. The Morgan fingerprint density at radius 2 is 2.05 bits per heavy atom. The summed E-state index contributed by atoms with van der Waals surface area (Å²) < 4.78 is 4.84. The van der Waals surface area contributed by atoms with Crippen molar-refractivity contribution in [3.63, 3.8) is 0 Å². The summed E-state index contributed by atoms with van der Waals surface area (Å²) in [6.07, 6.45) is 0.733. The Morgan fingerprint density at radius 3 is 2.58 bits per heavy atom. The molecule has 7 nitrogen and oxygen atoms in total. The standard InChI is InChI=1S/C11H20N2O5S/c1-8(14)13-9(11(16)17)6-19-7-10(15)12-4-3-5-18-2/h9H,3-7H2,1-2H3,(H,12,15)(H,13,14)(H,16,17). The molecule has 110 valence electrons. The van der Waals surface area contributed by atoms with Gasteiger partial charge in [-0.1, -0.05) is 0 Å². The number of carboxylic acid groups (broad SMARTS) is 1. The van der Waals surface area contributed by atoms with E-state index in [0.717, 1.165) is 18.2 Å². The van der Waals surface area contributed by atoms with Crippen molar-refractivity contribution in [2.24, 2.45) is 0 Å². The molecule has 0 fully saturated rings. The molecular formula is C11H20N2O5S. The highest BCUT2D eigenvalue weighted by Gasteiger charge is 2.18. The Kier molecular flexibility index (Phi) is 9.91. The molecule has 0 heterocycles. The minimum Gasteiger partial charge on any atom is -0.480 e. The number of ether oxygens (including phenoxy) is 1. The lowest BCUT2D eigenvalue weighted by Gasteiger charge is -2.12. The first-order chi connectivity index (χ1) is 8.97. The van der Waals surface area contributed by atoms with E-state index in [1.807, 2.05) is 0 Å². The predicted octanol–water partition coefficient (Wildman–Crippen LogP) is -0.538. The van der Waals surface area contributed by atoms with Crippen molar-refractivity contribution in [1.82, 2.24) is 10.6 Å². The number of carbonyl (C=O) groups is 3. The molecule has 2 amide bonds. The fraction of sp³-hybridized carbons (Fsp3) is 0.727.